The molecule has 2 aromatic heterocycles. The van der Waals surface area contributed by atoms with Crippen LogP contribution in [0.4, 0.5) is 0 Å². The van der Waals surface area contributed by atoms with Crippen molar-refractivity contribution in [3.05, 3.63) is 48.4 Å². The zero-order chi connectivity index (χ0) is 12.8. The van der Waals surface area contributed by atoms with Crippen LogP contribution in [0.3, 0.4) is 0 Å². The van der Waals surface area contributed by atoms with Crippen molar-refractivity contribution in [1.82, 2.24) is 9.97 Å². The molecule has 0 bridgehead atoms. The van der Waals surface area contributed by atoms with Crippen LogP contribution in [0.5, 0.6) is 0 Å². The molecule has 2 aromatic carbocycles. The molecular formula is C15H10N2O2. The number of hydrogen-bond donors (Lipinski definition) is 0. The minimum Gasteiger partial charge on any atom is -0.443 e. The van der Waals surface area contributed by atoms with Gasteiger partial charge in [0.1, 0.15) is 11.0 Å². The average Bonchev–Trinajstić information content (AvgIpc) is 3.01. The fraction of sp³-hybridized carbons (Fsp3) is 0.0667. The zero-order valence-electron chi connectivity index (χ0n) is 10.3. The minimum absolute atomic E-state index is 0.614. The predicted molar refractivity (Wildman–Crippen MR) is 71.7 cm³/mol. The van der Waals surface area contributed by atoms with Crippen LogP contribution in [-0.2, 0) is 0 Å². The molecule has 0 aliphatic rings. The third-order valence-electron chi connectivity index (χ3n) is 3.14. The van der Waals surface area contributed by atoms with Gasteiger partial charge in [0.25, 0.3) is 0 Å². The van der Waals surface area contributed by atoms with Crippen LogP contribution in [0.1, 0.15) is 5.56 Å². The SMILES string of the molecule is Cc1ccc(-c2nc3cc4ncoc4cc3o2)cc1. The van der Waals surface area contributed by atoms with E-state index in [9.17, 15) is 0 Å². The Morgan fingerprint density at radius 1 is 0.947 bits per heavy atom. The molecule has 0 fully saturated rings. The van der Waals surface area contributed by atoms with E-state index in [0.717, 1.165) is 16.6 Å². The van der Waals surface area contributed by atoms with Crippen LogP contribution in [0.25, 0.3) is 33.7 Å². The third kappa shape index (κ3) is 1.61. The first-order valence-corrected chi connectivity index (χ1v) is 6.00. The first-order chi connectivity index (χ1) is 9.29. The molecule has 0 saturated carbocycles. The molecule has 0 amide bonds. The molecule has 0 unspecified atom stereocenters. The lowest BCUT2D eigenvalue weighted by Crippen LogP contribution is -1.77. The number of oxazole rings is 2. The number of nitrogens with zero attached hydrogens (tertiary/aromatic N) is 2. The van der Waals surface area contributed by atoms with Crippen LogP contribution in [0.2, 0.25) is 0 Å². The summed E-state index contributed by atoms with van der Waals surface area (Å²) in [6.07, 6.45) is 1.42. The molecule has 4 aromatic rings. The van der Waals surface area contributed by atoms with Gasteiger partial charge in [0.05, 0.1) is 0 Å². The summed E-state index contributed by atoms with van der Waals surface area (Å²) < 4.78 is 11.0. The Labute approximate surface area is 108 Å². The number of hydrogen-bond acceptors (Lipinski definition) is 4. The lowest BCUT2D eigenvalue weighted by Gasteiger charge is -1.95. The molecule has 0 saturated heterocycles. The van der Waals surface area contributed by atoms with Gasteiger partial charge < -0.3 is 8.83 Å². The highest BCUT2D eigenvalue weighted by Crippen LogP contribution is 2.27. The molecule has 4 rings (SSSR count). The number of aromatic nitrogens is 2. The Morgan fingerprint density at radius 2 is 1.79 bits per heavy atom. The highest BCUT2D eigenvalue weighted by molar-refractivity contribution is 5.89. The van der Waals surface area contributed by atoms with Gasteiger partial charge in [-0.15, -0.1) is 0 Å². The van der Waals surface area contributed by atoms with E-state index in [4.69, 9.17) is 8.83 Å². The summed E-state index contributed by atoms with van der Waals surface area (Å²) in [5, 5.41) is 0. The van der Waals surface area contributed by atoms with Crippen molar-refractivity contribution in [3.63, 3.8) is 0 Å². The molecule has 0 aliphatic carbocycles. The van der Waals surface area contributed by atoms with Crippen LogP contribution < -0.4 is 0 Å². The zero-order valence-corrected chi connectivity index (χ0v) is 10.3. The normalized spacial score (nSPS) is 11.4. The Morgan fingerprint density at radius 3 is 2.63 bits per heavy atom. The van der Waals surface area contributed by atoms with Crippen molar-refractivity contribution in [1.29, 1.82) is 0 Å². The Balaban J connectivity index is 1.93. The van der Waals surface area contributed by atoms with Gasteiger partial charge in [0.15, 0.2) is 17.6 Å². The van der Waals surface area contributed by atoms with E-state index in [-0.39, 0.29) is 0 Å². The Kier molecular flexibility index (Phi) is 2.00. The van der Waals surface area contributed by atoms with Crippen LogP contribution in [-0.4, -0.2) is 9.97 Å². The van der Waals surface area contributed by atoms with Gasteiger partial charge in [-0.25, -0.2) is 9.97 Å². The quantitative estimate of drug-likeness (QED) is 0.513. The maximum absolute atomic E-state index is 5.77. The highest BCUT2D eigenvalue weighted by atomic mass is 16.4. The lowest BCUT2D eigenvalue weighted by molar-refractivity contribution is 0.597. The van der Waals surface area contributed by atoms with Crippen LogP contribution in [0.15, 0.2) is 51.6 Å². The number of fused-ring (bicyclic) bond motifs is 2. The summed E-state index contributed by atoms with van der Waals surface area (Å²) in [5.74, 6) is 0.614. The second-order valence-corrected chi connectivity index (χ2v) is 4.53. The molecule has 0 spiro atoms. The monoisotopic (exact) mass is 250 g/mol. The molecule has 19 heavy (non-hydrogen) atoms. The predicted octanol–water partition coefficient (Wildman–Crippen LogP) is 3.94. The average molecular weight is 250 g/mol. The fourth-order valence-electron chi connectivity index (χ4n) is 2.10. The molecular weight excluding hydrogens is 240 g/mol. The van der Waals surface area contributed by atoms with E-state index >= 15 is 0 Å². The van der Waals surface area contributed by atoms with Gasteiger partial charge in [-0.3, -0.25) is 0 Å². The smallest absolute Gasteiger partial charge is 0.227 e. The molecule has 0 aliphatic heterocycles. The van der Waals surface area contributed by atoms with Gasteiger partial charge in [0.2, 0.25) is 5.89 Å². The first-order valence-electron chi connectivity index (χ1n) is 6.00. The van der Waals surface area contributed by atoms with Crippen LogP contribution >= 0.6 is 0 Å². The second kappa shape index (κ2) is 3.68. The van der Waals surface area contributed by atoms with E-state index in [1.54, 1.807) is 0 Å². The van der Waals surface area contributed by atoms with Crippen molar-refractivity contribution in [2.24, 2.45) is 0 Å². The molecule has 4 heteroatoms. The highest BCUT2D eigenvalue weighted by Gasteiger charge is 2.10. The summed E-state index contributed by atoms with van der Waals surface area (Å²) >= 11 is 0. The number of rotatable bonds is 1. The summed E-state index contributed by atoms with van der Waals surface area (Å²) in [7, 11) is 0. The van der Waals surface area contributed by atoms with Gasteiger partial charge in [-0.1, -0.05) is 17.7 Å². The van der Waals surface area contributed by atoms with Gasteiger partial charge >= 0.3 is 0 Å². The second-order valence-electron chi connectivity index (χ2n) is 4.53. The topological polar surface area (TPSA) is 52.1 Å². The van der Waals surface area contributed by atoms with Crippen molar-refractivity contribution in [2.75, 3.05) is 0 Å². The molecule has 4 nitrogen and oxygen atoms in total. The summed E-state index contributed by atoms with van der Waals surface area (Å²) in [6.45, 7) is 2.05. The summed E-state index contributed by atoms with van der Waals surface area (Å²) in [4.78, 5) is 8.61. The van der Waals surface area contributed by atoms with E-state index < -0.39 is 0 Å². The number of aryl methyl sites for hydroxylation is 1. The molecule has 92 valence electrons. The fourth-order valence-corrected chi connectivity index (χ4v) is 2.10. The standard InChI is InChI=1S/C15H10N2O2/c1-9-2-4-10(5-3-9)15-17-12-6-11-13(18-8-16-11)7-14(12)19-15/h2-8H,1H3. The van der Waals surface area contributed by atoms with E-state index in [1.165, 1.54) is 12.0 Å². The molecule has 0 radical (unpaired) electrons. The Bertz CT molecular complexity index is 824. The number of benzene rings is 2. The molecule has 0 N–H and O–H groups in total. The first kappa shape index (κ1) is 10.3. The Hall–Kier alpha value is -2.62. The molecule has 0 atom stereocenters. The molecule has 2 heterocycles. The van der Waals surface area contributed by atoms with E-state index in [2.05, 4.69) is 16.9 Å². The van der Waals surface area contributed by atoms with E-state index in [1.807, 2.05) is 36.4 Å². The van der Waals surface area contributed by atoms with Gasteiger partial charge in [-0.05, 0) is 25.1 Å². The van der Waals surface area contributed by atoms with Gasteiger partial charge in [0, 0.05) is 11.6 Å². The van der Waals surface area contributed by atoms with Crippen molar-refractivity contribution in [2.45, 2.75) is 6.92 Å². The third-order valence-corrected chi connectivity index (χ3v) is 3.14. The van der Waals surface area contributed by atoms with Gasteiger partial charge in [-0.2, -0.15) is 0 Å². The lowest BCUT2D eigenvalue weighted by atomic mass is 10.1. The van der Waals surface area contributed by atoms with Crippen molar-refractivity contribution in [3.8, 4) is 11.5 Å². The van der Waals surface area contributed by atoms with Crippen molar-refractivity contribution >= 4 is 22.2 Å². The van der Waals surface area contributed by atoms with Crippen molar-refractivity contribution < 1.29 is 8.83 Å². The summed E-state index contributed by atoms with van der Waals surface area (Å²) in [6, 6.07) is 11.8. The maximum Gasteiger partial charge on any atom is 0.227 e. The van der Waals surface area contributed by atoms with E-state index in [0.29, 0.717) is 17.1 Å². The summed E-state index contributed by atoms with van der Waals surface area (Å²) in [5.41, 5.74) is 5.17. The minimum atomic E-state index is 0.614. The van der Waals surface area contributed by atoms with Crippen LogP contribution in [0, 0.1) is 6.92 Å². The maximum atomic E-state index is 5.77. The largest absolute Gasteiger partial charge is 0.443 e.